The maximum Gasteiger partial charge on any atom is 0.261 e. The molecule has 0 aliphatic heterocycles. The topological polar surface area (TPSA) is 200 Å². The van der Waals surface area contributed by atoms with E-state index >= 15 is 0 Å². The Bertz CT molecular complexity index is 3870. The summed E-state index contributed by atoms with van der Waals surface area (Å²) in [4.78, 5) is 124. The molecule has 2 atom stereocenters. The molecule has 16 nitrogen and oxygen atoms in total. The van der Waals surface area contributed by atoms with E-state index in [1.165, 1.54) is 33.4 Å². The number of Topliss-reactive ketones (excluding diaryl/α,β-unsaturated/α-hetero) is 1. The molecular weight excluding hydrogens is 941 g/mol. The average Bonchev–Trinajstić information content (AvgIpc) is 3.99. The second-order valence-electron chi connectivity index (χ2n) is 19.5. The molecule has 9 rings (SSSR count). The summed E-state index contributed by atoms with van der Waals surface area (Å²) in [6.07, 6.45) is 13.3. The van der Waals surface area contributed by atoms with E-state index in [1.807, 2.05) is 51.0 Å². The molecule has 3 aromatic carbocycles. The summed E-state index contributed by atoms with van der Waals surface area (Å²) in [5, 5.41) is 12.3. The van der Waals surface area contributed by atoms with E-state index < -0.39 is 44.5 Å². The molecule has 2 aliphatic carbocycles. The van der Waals surface area contributed by atoms with Crippen LogP contribution in [0.4, 0.5) is 5.69 Å². The lowest BCUT2D eigenvalue weighted by atomic mass is 9.80. The van der Waals surface area contributed by atoms with E-state index in [2.05, 4.69) is 0 Å². The Kier molecular flexibility index (Phi) is 14.2. The van der Waals surface area contributed by atoms with E-state index in [1.54, 1.807) is 48.6 Å². The van der Waals surface area contributed by atoms with E-state index in [-0.39, 0.29) is 104 Å². The van der Waals surface area contributed by atoms with Crippen LogP contribution in [0, 0.1) is 0 Å². The van der Waals surface area contributed by atoms with Crippen LogP contribution in [0.3, 0.4) is 0 Å². The number of allylic oxidation sites excluding steroid dienone is 7. The molecule has 0 saturated carbocycles. The fraction of sp³-hybridized carbons (Fsp3) is 0.379. The highest BCUT2D eigenvalue weighted by atomic mass is 16.3. The molecule has 2 unspecified atom stereocenters. The lowest BCUT2D eigenvalue weighted by Crippen LogP contribution is -2.34. The van der Waals surface area contributed by atoms with Crippen molar-refractivity contribution in [2.75, 3.05) is 31.1 Å². The van der Waals surface area contributed by atoms with Crippen molar-refractivity contribution in [1.29, 1.82) is 0 Å². The SMILES string of the molecule is CCCCC(CC)n1c(=O)c2cc3c(=O)n(CCN(CC)c4ccc(C5=C(O)C(=C6C=CC(=[N+](CC)CCn7c(=O)c8cc9c(=O)n(C(CC)CCCC)c(=O)c9cc8c7=O)C=C6)C5=O)cc4)c(=O)c3cc2c1=O. The Balaban J connectivity index is 0.882. The number of ketones is 1. The number of carbonyl (C=O) groups is 1. The van der Waals surface area contributed by atoms with Crippen LogP contribution in [-0.4, -0.2) is 65.6 Å². The number of aliphatic hydroxyl groups is 1. The van der Waals surface area contributed by atoms with E-state index in [0.29, 0.717) is 49.9 Å². The third kappa shape index (κ3) is 8.43. The minimum atomic E-state index is -0.523. The molecule has 0 fully saturated rings. The number of carbonyl (C=O) groups excluding carboxylic acids is 1. The largest absolute Gasteiger partial charge is 0.506 e. The predicted octanol–water partition coefficient (Wildman–Crippen LogP) is 6.40. The van der Waals surface area contributed by atoms with Crippen molar-refractivity contribution < 1.29 is 14.5 Å². The number of aliphatic hydroxyl groups excluding tert-OH is 1. The summed E-state index contributed by atoms with van der Waals surface area (Å²) < 4.78 is 6.81. The van der Waals surface area contributed by atoms with Gasteiger partial charge in [-0.2, -0.15) is 0 Å². The highest BCUT2D eigenvalue weighted by Crippen LogP contribution is 2.39. The highest BCUT2D eigenvalue weighted by Gasteiger charge is 2.37. The molecule has 1 N–H and O–H groups in total. The molecule has 2 aliphatic rings. The maximum absolute atomic E-state index is 13.6. The van der Waals surface area contributed by atoms with Gasteiger partial charge in [-0.1, -0.05) is 65.5 Å². The first kappa shape index (κ1) is 51.0. The first-order valence-corrected chi connectivity index (χ1v) is 26.0. The zero-order valence-corrected chi connectivity index (χ0v) is 42.8. The zero-order chi connectivity index (χ0) is 52.9. The molecule has 16 heteroatoms. The first-order valence-electron chi connectivity index (χ1n) is 26.0. The molecule has 4 heterocycles. The summed E-state index contributed by atoms with van der Waals surface area (Å²) >= 11 is 0. The molecular formula is C58H61N6O10+. The van der Waals surface area contributed by atoms with Gasteiger partial charge in [0.2, 0.25) is 5.78 Å². The third-order valence-electron chi connectivity index (χ3n) is 15.4. The van der Waals surface area contributed by atoms with Crippen molar-refractivity contribution >= 4 is 65.8 Å². The summed E-state index contributed by atoms with van der Waals surface area (Å²) in [5.74, 6) is -0.467. The Morgan fingerprint density at radius 2 is 0.946 bits per heavy atom. The molecule has 74 heavy (non-hydrogen) atoms. The average molecular weight is 1000 g/mol. The molecule has 4 aromatic heterocycles. The van der Waals surface area contributed by atoms with Crippen LogP contribution in [0.5, 0.6) is 0 Å². The molecule has 0 amide bonds. The lowest BCUT2D eigenvalue weighted by molar-refractivity contribution is -0.524. The first-order chi connectivity index (χ1) is 35.6. The third-order valence-corrected chi connectivity index (χ3v) is 15.4. The van der Waals surface area contributed by atoms with Crippen molar-refractivity contribution in [3.05, 3.63) is 178 Å². The number of nitrogens with zero attached hydrogens (tertiary/aromatic N) is 6. The number of unbranched alkanes of at least 4 members (excludes halogenated alkanes) is 2. The standard InChI is InChI=1S/C58H60N6O10/c1-7-13-15-35(9-3)63-55(71)43-29-39-40(30-44(43)56(63)72)52(68)61(51(39)67)27-25-59(11-5)37-21-17-33(18-22-37)47-49(65)48(50(47)66)34-19-23-38(24-20-34)60(12-6)26-28-62-53(69)41-31-45-46(32-42(41)54(62)70)58(74)64(57(45)73)36(10-4)16-14-8-2/h17-24,29-32,35-36H,7-16,25-28H2,1-6H3/p+1. The van der Waals surface area contributed by atoms with Crippen LogP contribution in [0.2, 0.25) is 0 Å². The number of rotatable bonds is 20. The second kappa shape index (κ2) is 20.6. The summed E-state index contributed by atoms with van der Waals surface area (Å²) in [7, 11) is 0. The maximum atomic E-state index is 13.6. The molecule has 0 bridgehead atoms. The van der Waals surface area contributed by atoms with Gasteiger partial charge in [-0.05, 0) is 99.2 Å². The van der Waals surface area contributed by atoms with Crippen LogP contribution in [-0.2, 0) is 17.9 Å². The minimum Gasteiger partial charge on any atom is -0.506 e. The summed E-state index contributed by atoms with van der Waals surface area (Å²) in [6.45, 7) is 13.5. The quantitative estimate of drug-likeness (QED) is 0.0655. The number of benzene rings is 3. The normalized spacial score (nSPS) is 14.7. The Morgan fingerprint density at radius 3 is 1.32 bits per heavy atom. The summed E-state index contributed by atoms with van der Waals surface area (Å²) in [5.41, 5.74) is -0.946. The van der Waals surface area contributed by atoms with Crippen LogP contribution in [0.25, 0.3) is 48.7 Å². The molecule has 0 radical (unpaired) electrons. The lowest BCUT2D eigenvalue weighted by Gasteiger charge is -2.25. The molecule has 0 spiro atoms. The fourth-order valence-electron chi connectivity index (χ4n) is 11.1. The Hall–Kier alpha value is -7.88. The highest BCUT2D eigenvalue weighted by molar-refractivity contribution is 6.39. The number of aromatic nitrogens is 4. The van der Waals surface area contributed by atoms with Gasteiger partial charge in [-0.15, -0.1) is 0 Å². The second-order valence-corrected chi connectivity index (χ2v) is 19.5. The number of hydrogen-bond acceptors (Lipinski definition) is 11. The van der Waals surface area contributed by atoms with Crippen LogP contribution >= 0.6 is 0 Å². The van der Waals surface area contributed by atoms with Gasteiger partial charge in [-0.3, -0.25) is 61.4 Å². The van der Waals surface area contributed by atoms with Gasteiger partial charge >= 0.3 is 0 Å². The van der Waals surface area contributed by atoms with E-state index in [4.69, 9.17) is 0 Å². The van der Waals surface area contributed by atoms with Gasteiger partial charge in [0.15, 0.2) is 12.3 Å². The molecule has 0 saturated heterocycles. The number of hydrogen-bond donors (Lipinski definition) is 1. The number of likely N-dealkylation sites (N-methyl/N-ethyl adjacent to an activating group) is 2. The van der Waals surface area contributed by atoms with Gasteiger partial charge in [-0.25, -0.2) is 4.58 Å². The van der Waals surface area contributed by atoms with Gasteiger partial charge in [0.1, 0.15) is 12.3 Å². The minimum absolute atomic E-state index is 0.0489. The number of anilines is 1. The zero-order valence-electron chi connectivity index (χ0n) is 42.8. The van der Waals surface area contributed by atoms with Crippen molar-refractivity contribution in [3.63, 3.8) is 0 Å². The smallest absolute Gasteiger partial charge is 0.261 e. The van der Waals surface area contributed by atoms with Gasteiger partial charge in [0, 0.05) is 49.6 Å². The Labute approximate surface area is 424 Å². The van der Waals surface area contributed by atoms with Gasteiger partial charge < -0.3 is 10.0 Å². The van der Waals surface area contributed by atoms with Crippen LogP contribution in [0.15, 0.2) is 128 Å². The molecule has 382 valence electrons. The molecule has 7 aromatic rings. The van der Waals surface area contributed by atoms with Crippen LogP contribution < -0.4 is 49.4 Å². The Morgan fingerprint density at radius 1 is 0.527 bits per heavy atom. The van der Waals surface area contributed by atoms with Gasteiger partial charge in [0.25, 0.3) is 44.5 Å². The van der Waals surface area contributed by atoms with Gasteiger partial charge in [0.05, 0.1) is 60.8 Å². The van der Waals surface area contributed by atoms with Crippen molar-refractivity contribution in [2.45, 2.75) is 118 Å². The van der Waals surface area contributed by atoms with Crippen LogP contribution in [0.1, 0.15) is 111 Å². The van der Waals surface area contributed by atoms with Crippen molar-refractivity contribution in [1.82, 2.24) is 18.3 Å². The fourth-order valence-corrected chi connectivity index (χ4v) is 11.1. The monoisotopic (exact) mass is 1000 g/mol. The van der Waals surface area contributed by atoms with Crippen molar-refractivity contribution in [3.8, 4) is 0 Å². The van der Waals surface area contributed by atoms with E-state index in [9.17, 15) is 48.3 Å². The summed E-state index contributed by atoms with van der Waals surface area (Å²) in [6, 6.07) is 12.2. The number of fused-ring (bicyclic) bond motifs is 4. The predicted molar refractivity (Wildman–Crippen MR) is 292 cm³/mol. The van der Waals surface area contributed by atoms with E-state index in [0.717, 1.165) is 46.2 Å². The van der Waals surface area contributed by atoms with Crippen molar-refractivity contribution in [2.24, 2.45) is 0 Å².